The van der Waals surface area contributed by atoms with Crippen molar-refractivity contribution >= 4 is 44.0 Å². The number of benzene rings is 3. The van der Waals surface area contributed by atoms with E-state index in [0.29, 0.717) is 27.9 Å². The number of nitrogens with one attached hydrogen (secondary N) is 1. The van der Waals surface area contributed by atoms with Crippen molar-refractivity contribution in [1.29, 1.82) is 0 Å². The number of aryl methyl sites for hydroxylation is 1. The molecule has 1 aromatic heterocycles. The summed E-state index contributed by atoms with van der Waals surface area (Å²) in [4.78, 5) is 37.5. The van der Waals surface area contributed by atoms with Gasteiger partial charge in [-0.1, -0.05) is 24.3 Å². The average molecular weight is 459 g/mol. The average Bonchev–Trinajstić information content (AvgIpc) is 3.12. The third kappa shape index (κ3) is 3.27. The lowest BCUT2D eigenvalue weighted by Gasteiger charge is -2.18. The molecular formula is C25H17NO6S. The lowest BCUT2D eigenvalue weighted by atomic mass is 9.84. The minimum atomic E-state index is -4.09. The van der Waals surface area contributed by atoms with Crippen LogP contribution in [0.2, 0.25) is 0 Å². The van der Waals surface area contributed by atoms with Crippen LogP contribution in [0.4, 0.5) is 5.69 Å². The molecule has 1 aliphatic rings. The van der Waals surface area contributed by atoms with Crippen LogP contribution in [0.3, 0.4) is 0 Å². The first-order chi connectivity index (χ1) is 15.7. The number of carbonyl (C=O) groups is 3. The lowest BCUT2D eigenvalue weighted by molar-refractivity contribution is 0.0979. The second-order valence-electron chi connectivity index (χ2n) is 7.82. The normalized spacial score (nSPS) is 13.0. The molecule has 0 spiro atoms. The van der Waals surface area contributed by atoms with E-state index < -0.39 is 15.8 Å². The van der Waals surface area contributed by atoms with Crippen LogP contribution in [-0.2, 0) is 10.0 Å². The van der Waals surface area contributed by atoms with E-state index in [9.17, 15) is 22.8 Å². The second-order valence-corrected chi connectivity index (χ2v) is 9.50. The van der Waals surface area contributed by atoms with E-state index in [4.69, 9.17) is 4.42 Å². The van der Waals surface area contributed by atoms with Gasteiger partial charge in [0, 0.05) is 33.3 Å². The number of furan rings is 1. The van der Waals surface area contributed by atoms with E-state index in [1.54, 1.807) is 37.3 Å². The highest BCUT2D eigenvalue weighted by Crippen LogP contribution is 2.31. The first kappa shape index (κ1) is 20.8. The van der Waals surface area contributed by atoms with Gasteiger partial charge < -0.3 is 4.42 Å². The number of hydrogen-bond donors (Lipinski definition) is 1. The molecule has 0 atom stereocenters. The number of ketones is 3. The molecule has 3 aromatic carbocycles. The zero-order chi connectivity index (χ0) is 23.5. The van der Waals surface area contributed by atoms with Crippen molar-refractivity contribution in [1.82, 2.24) is 0 Å². The number of Topliss-reactive ketones (excluding diaryl/α,β-unsaturated/α-hetero) is 1. The lowest BCUT2D eigenvalue weighted by Crippen LogP contribution is -2.22. The number of rotatable bonds is 4. The van der Waals surface area contributed by atoms with Crippen molar-refractivity contribution in [3.05, 3.63) is 94.2 Å². The third-order valence-electron chi connectivity index (χ3n) is 5.68. The zero-order valence-electron chi connectivity index (χ0n) is 17.6. The van der Waals surface area contributed by atoms with Gasteiger partial charge in [-0.05, 0) is 50.2 Å². The number of anilines is 1. The van der Waals surface area contributed by atoms with Crippen molar-refractivity contribution in [3.8, 4) is 0 Å². The summed E-state index contributed by atoms with van der Waals surface area (Å²) in [6.45, 7) is 3.09. The highest BCUT2D eigenvalue weighted by atomic mass is 32.2. The molecule has 0 amide bonds. The summed E-state index contributed by atoms with van der Waals surface area (Å²) < 4.78 is 34.2. The largest absolute Gasteiger partial charge is 0.461 e. The summed E-state index contributed by atoms with van der Waals surface area (Å²) in [7, 11) is -4.09. The molecule has 1 N–H and O–H groups in total. The Morgan fingerprint density at radius 2 is 1.48 bits per heavy atom. The van der Waals surface area contributed by atoms with Crippen LogP contribution in [0, 0.1) is 6.92 Å². The van der Waals surface area contributed by atoms with E-state index in [2.05, 4.69) is 4.72 Å². The minimum Gasteiger partial charge on any atom is -0.461 e. The molecule has 7 nitrogen and oxygen atoms in total. The van der Waals surface area contributed by atoms with Gasteiger partial charge >= 0.3 is 0 Å². The Morgan fingerprint density at radius 3 is 2.15 bits per heavy atom. The number of sulfonamides is 1. The van der Waals surface area contributed by atoms with Gasteiger partial charge in [0.05, 0.1) is 10.5 Å². The van der Waals surface area contributed by atoms with Crippen molar-refractivity contribution in [2.45, 2.75) is 18.7 Å². The summed E-state index contributed by atoms with van der Waals surface area (Å²) in [6.07, 6.45) is 0. The Balaban J connectivity index is 1.54. The molecule has 4 aromatic rings. The second kappa shape index (κ2) is 7.25. The summed E-state index contributed by atoms with van der Waals surface area (Å²) in [5.41, 5.74) is 1.85. The number of fused-ring (bicyclic) bond motifs is 3. The molecule has 0 radical (unpaired) electrons. The van der Waals surface area contributed by atoms with Crippen LogP contribution < -0.4 is 4.72 Å². The Kier molecular flexibility index (Phi) is 4.58. The smallest absolute Gasteiger partial charge is 0.261 e. The summed E-state index contributed by atoms with van der Waals surface area (Å²) in [6, 6.07) is 15.0. The van der Waals surface area contributed by atoms with E-state index in [-0.39, 0.29) is 38.8 Å². The molecule has 0 unspecified atom stereocenters. The van der Waals surface area contributed by atoms with E-state index >= 15 is 0 Å². The molecule has 0 saturated carbocycles. The van der Waals surface area contributed by atoms with Gasteiger partial charge in [0.2, 0.25) is 0 Å². The van der Waals surface area contributed by atoms with Crippen molar-refractivity contribution < 1.29 is 27.2 Å². The topological polar surface area (TPSA) is 111 Å². The van der Waals surface area contributed by atoms with Gasteiger partial charge in [-0.3, -0.25) is 19.1 Å². The zero-order valence-corrected chi connectivity index (χ0v) is 18.4. The maximum atomic E-state index is 13.1. The van der Waals surface area contributed by atoms with Crippen LogP contribution in [0.25, 0.3) is 11.0 Å². The fourth-order valence-electron chi connectivity index (χ4n) is 4.18. The summed E-state index contributed by atoms with van der Waals surface area (Å²) in [5.74, 6) is -0.464. The molecule has 1 heterocycles. The maximum Gasteiger partial charge on any atom is 0.261 e. The number of hydrogen-bond acceptors (Lipinski definition) is 6. The summed E-state index contributed by atoms with van der Waals surface area (Å²) >= 11 is 0. The fraction of sp³-hybridized carbons (Fsp3) is 0.0800. The SMILES string of the molecule is CC(=O)c1c(C)oc2ccc(NS(=O)(=O)c3ccc4c(c3)C(=O)c3ccccc3C4=O)cc12. The quantitative estimate of drug-likeness (QED) is 0.396. The van der Waals surface area contributed by atoms with Gasteiger partial charge in [0.25, 0.3) is 10.0 Å². The Morgan fingerprint density at radius 1 is 0.848 bits per heavy atom. The van der Waals surface area contributed by atoms with Crippen LogP contribution in [0.15, 0.2) is 70.0 Å². The monoisotopic (exact) mass is 459 g/mol. The molecule has 33 heavy (non-hydrogen) atoms. The maximum absolute atomic E-state index is 13.1. The highest BCUT2D eigenvalue weighted by Gasteiger charge is 2.31. The standard InChI is InChI=1S/C25H17NO6S/c1-13(27)23-14(2)32-22-10-7-15(11-21(22)23)26-33(30,31)16-8-9-19-20(12-16)25(29)18-6-4-3-5-17(18)24(19)28/h3-12,26H,1-2H3. The molecule has 5 rings (SSSR count). The van der Waals surface area contributed by atoms with E-state index in [1.165, 1.54) is 37.3 Å². The molecular weight excluding hydrogens is 442 g/mol. The van der Waals surface area contributed by atoms with Crippen LogP contribution in [0.1, 0.15) is 54.9 Å². The molecule has 0 fully saturated rings. The Labute approximate surface area is 189 Å². The summed E-state index contributed by atoms with van der Waals surface area (Å²) in [5, 5.41) is 0.503. The molecule has 1 aliphatic carbocycles. The molecule has 8 heteroatoms. The minimum absolute atomic E-state index is 0.0429. The van der Waals surface area contributed by atoms with Crippen LogP contribution in [0.5, 0.6) is 0 Å². The first-order valence-electron chi connectivity index (χ1n) is 10.1. The van der Waals surface area contributed by atoms with Gasteiger partial charge in [0.15, 0.2) is 17.3 Å². The number of carbonyl (C=O) groups excluding carboxylic acids is 3. The van der Waals surface area contributed by atoms with Crippen LogP contribution >= 0.6 is 0 Å². The predicted molar refractivity (Wildman–Crippen MR) is 122 cm³/mol. The first-order valence-corrected chi connectivity index (χ1v) is 11.5. The van der Waals surface area contributed by atoms with Gasteiger partial charge in [-0.25, -0.2) is 8.42 Å². The molecule has 0 saturated heterocycles. The Bertz CT molecular complexity index is 1630. The fourth-order valence-corrected chi connectivity index (χ4v) is 5.26. The van der Waals surface area contributed by atoms with Gasteiger partial charge in [-0.2, -0.15) is 0 Å². The molecule has 164 valence electrons. The van der Waals surface area contributed by atoms with Gasteiger partial charge in [0.1, 0.15) is 11.3 Å². The third-order valence-corrected chi connectivity index (χ3v) is 7.05. The van der Waals surface area contributed by atoms with E-state index in [1.807, 2.05) is 0 Å². The molecule has 0 aliphatic heterocycles. The van der Waals surface area contributed by atoms with Crippen LogP contribution in [-0.4, -0.2) is 25.8 Å². The van der Waals surface area contributed by atoms with Crippen molar-refractivity contribution in [3.63, 3.8) is 0 Å². The van der Waals surface area contributed by atoms with Gasteiger partial charge in [-0.15, -0.1) is 0 Å². The van der Waals surface area contributed by atoms with Crippen molar-refractivity contribution in [2.24, 2.45) is 0 Å². The highest BCUT2D eigenvalue weighted by molar-refractivity contribution is 7.92. The molecule has 0 bridgehead atoms. The Hall–Kier alpha value is -4.04. The van der Waals surface area contributed by atoms with Crippen molar-refractivity contribution in [2.75, 3.05) is 4.72 Å². The van der Waals surface area contributed by atoms with E-state index in [0.717, 1.165) is 0 Å². The predicted octanol–water partition coefficient (Wildman–Crippen LogP) is 4.52.